The van der Waals surface area contributed by atoms with E-state index in [-0.39, 0.29) is 0 Å². The lowest BCUT2D eigenvalue weighted by atomic mass is 10.4. The third-order valence-corrected chi connectivity index (χ3v) is 2.42. The van der Waals surface area contributed by atoms with Gasteiger partial charge in [0.05, 0.1) is 5.01 Å². The minimum absolute atomic E-state index is 0.599. The molecular weight excluding hydrogens is 146 g/mol. The molecule has 0 N–H and O–H groups in total. The molecule has 3 heteroatoms. The van der Waals surface area contributed by atoms with E-state index in [0.29, 0.717) is 5.69 Å². The van der Waals surface area contributed by atoms with Crippen LogP contribution < -0.4 is 0 Å². The molecule has 0 saturated heterocycles. The van der Waals surface area contributed by atoms with Crippen LogP contribution >= 0.6 is 11.3 Å². The maximum Gasteiger partial charge on any atom is 0.169 e. The highest BCUT2D eigenvalue weighted by Crippen LogP contribution is 2.15. The standard InChI is InChI=1S/C7H9NOS/c1-3-7-8-6(4-9)5(2)10-7/h4H,3H2,1-2H3. The van der Waals surface area contributed by atoms with Crippen LogP contribution in [-0.4, -0.2) is 11.3 Å². The second kappa shape index (κ2) is 2.92. The molecule has 2 nitrogen and oxygen atoms in total. The molecule has 0 bridgehead atoms. The zero-order chi connectivity index (χ0) is 7.56. The lowest BCUT2D eigenvalue weighted by molar-refractivity contribution is 0.111. The van der Waals surface area contributed by atoms with Gasteiger partial charge < -0.3 is 0 Å². The summed E-state index contributed by atoms with van der Waals surface area (Å²) < 4.78 is 0. The van der Waals surface area contributed by atoms with Crippen molar-refractivity contribution in [2.75, 3.05) is 0 Å². The third-order valence-electron chi connectivity index (χ3n) is 1.29. The fraction of sp³-hybridized carbons (Fsp3) is 0.429. The van der Waals surface area contributed by atoms with Gasteiger partial charge in [-0.05, 0) is 13.3 Å². The summed E-state index contributed by atoms with van der Waals surface area (Å²) in [5.74, 6) is 0. The van der Waals surface area contributed by atoms with Gasteiger partial charge in [-0.3, -0.25) is 4.79 Å². The van der Waals surface area contributed by atoms with E-state index in [1.54, 1.807) is 11.3 Å². The number of aromatic nitrogens is 1. The Bertz CT molecular complexity index is 242. The lowest BCUT2D eigenvalue weighted by Crippen LogP contribution is -1.82. The molecule has 54 valence electrons. The van der Waals surface area contributed by atoms with Gasteiger partial charge in [0.1, 0.15) is 5.69 Å². The van der Waals surface area contributed by atoms with E-state index in [2.05, 4.69) is 4.98 Å². The average molecular weight is 155 g/mol. The quantitative estimate of drug-likeness (QED) is 0.610. The van der Waals surface area contributed by atoms with Crippen molar-refractivity contribution in [3.05, 3.63) is 15.6 Å². The molecule has 10 heavy (non-hydrogen) atoms. The van der Waals surface area contributed by atoms with E-state index in [1.807, 2.05) is 13.8 Å². The number of thiazole rings is 1. The van der Waals surface area contributed by atoms with Crippen LogP contribution in [-0.2, 0) is 6.42 Å². The number of carbonyl (C=O) groups excluding carboxylic acids is 1. The van der Waals surface area contributed by atoms with E-state index >= 15 is 0 Å². The molecule has 0 aromatic carbocycles. The Kier molecular flexibility index (Phi) is 2.17. The smallest absolute Gasteiger partial charge is 0.169 e. The molecule has 1 aromatic rings. The lowest BCUT2D eigenvalue weighted by Gasteiger charge is -1.79. The summed E-state index contributed by atoms with van der Waals surface area (Å²) in [4.78, 5) is 15.4. The van der Waals surface area contributed by atoms with E-state index in [4.69, 9.17) is 0 Å². The molecule has 1 aromatic heterocycles. The van der Waals surface area contributed by atoms with Gasteiger partial charge in [0.25, 0.3) is 0 Å². The predicted octanol–water partition coefficient (Wildman–Crippen LogP) is 1.83. The molecule has 0 spiro atoms. The summed E-state index contributed by atoms with van der Waals surface area (Å²) in [5, 5.41) is 1.04. The average Bonchev–Trinajstić information content (AvgIpc) is 2.30. The first-order valence-electron chi connectivity index (χ1n) is 3.19. The summed E-state index contributed by atoms with van der Waals surface area (Å²) in [6.45, 7) is 3.95. The van der Waals surface area contributed by atoms with Gasteiger partial charge in [-0.2, -0.15) is 0 Å². The van der Waals surface area contributed by atoms with Crippen LogP contribution in [0.2, 0.25) is 0 Å². The summed E-state index contributed by atoms with van der Waals surface area (Å²) in [5.41, 5.74) is 0.599. The molecule has 0 radical (unpaired) electrons. The minimum Gasteiger partial charge on any atom is -0.296 e. The van der Waals surface area contributed by atoms with Crippen molar-refractivity contribution in [2.24, 2.45) is 0 Å². The Hall–Kier alpha value is -0.700. The normalized spacial score (nSPS) is 9.80. The Morgan fingerprint density at radius 3 is 2.70 bits per heavy atom. The molecule has 0 aliphatic rings. The highest BCUT2D eigenvalue weighted by atomic mass is 32.1. The molecule has 1 rings (SSSR count). The van der Waals surface area contributed by atoms with E-state index < -0.39 is 0 Å². The Morgan fingerprint density at radius 2 is 2.40 bits per heavy atom. The van der Waals surface area contributed by atoms with Gasteiger partial charge in [-0.15, -0.1) is 11.3 Å². The van der Waals surface area contributed by atoms with Gasteiger partial charge in [0, 0.05) is 4.88 Å². The van der Waals surface area contributed by atoms with Gasteiger partial charge in [-0.1, -0.05) is 6.92 Å². The van der Waals surface area contributed by atoms with Gasteiger partial charge in [0.15, 0.2) is 6.29 Å². The Balaban J connectivity index is 3.03. The van der Waals surface area contributed by atoms with E-state index in [1.165, 1.54) is 0 Å². The monoisotopic (exact) mass is 155 g/mol. The molecule has 0 aliphatic carbocycles. The number of hydrogen-bond donors (Lipinski definition) is 0. The van der Waals surface area contributed by atoms with Crippen LogP contribution in [0.4, 0.5) is 0 Å². The second-order valence-electron chi connectivity index (χ2n) is 2.02. The van der Waals surface area contributed by atoms with Crippen LogP contribution in [0.1, 0.15) is 27.3 Å². The van der Waals surface area contributed by atoms with Gasteiger partial charge in [-0.25, -0.2) is 4.98 Å². The van der Waals surface area contributed by atoms with Crippen molar-refractivity contribution >= 4 is 17.6 Å². The highest BCUT2D eigenvalue weighted by molar-refractivity contribution is 7.11. The van der Waals surface area contributed by atoms with Gasteiger partial charge in [0.2, 0.25) is 0 Å². The largest absolute Gasteiger partial charge is 0.296 e. The van der Waals surface area contributed by atoms with E-state index in [9.17, 15) is 4.79 Å². The fourth-order valence-electron chi connectivity index (χ4n) is 0.725. The molecule has 0 amide bonds. The topological polar surface area (TPSA) is 30.0 Å². The summed E-state index contributed by atoms with van der Waals surface area (Å²) in [6.07, 6.45) is 1.73. The van der Waals surface area contributed by atoms with Crippen molar-refractivity contribution in [1.82, 2.24) is 4.98 Å². The predicted molar refractivity (Wildman–Crippen MR) is 41.6 cm³/mol. The van der Waals surface area contributed by atoms with Crippen LogP contribution in [0.15, 0.2) is 0 Å². The molecule has 0 fully saturated rings. The summed E-state index contributed by atoms with van der Waals surface area (Å²) in [7, 11) is 0. The van der Waals surface area contributed by atoms with Crippen LogP contribution in [0.3, 0.4) is 0 Å². The van der Waals surface area contributed by atoms with Crippen LogP contribution in [0.25, 0.3) is 0 Å². The second-order valence-corrected chi connectivity index (χ2v) is 3.31. The fourth-order valence-corrected chi connectivity index (χ4v) is 1.57. The molecule has 0 saturated carbocycles. The number of rotatable bonds is 2. The van der Waals surface area contributed by atoms with E-state index in [0.717, 1.165) is 22.6 Å². The molecule has 1 heterocycles. The van der Waals surface area contributed by atoms with Crippen molar-refractivity contribution in [2.45, 2.75) is 20.3 Å². The Labute approximate surface area is 63.9 Å². The SMILES string of the molecule is CCc1nc(C=O)c(C)s1. The summed E-state index contributed by atoms with van der Waals surface area (Å²) in [6, 6.07) is 0. The first-order chi connectivity index (χ1) is 4.77. The third kappa shape index (κ3) is 1.24. The van der Waals surface area contributed by atoms with Crippen LogP contribution in [0, 0.1) is 6.92 Å². The van der Waals surface area contributed by atoms with Crippen molar-refractivity contribution in [1.29, 1.82) is 0 Å². The minimum atomic E-state index is 0.599. The van der Waals surface area contributed by atoms with Crippen molar-refractivity contribution in [3.63, 3.8) is 0 Å². The number of hydrogen-bond acceptors (Lipinski definition) is 3. The van der Waals surface area contributed by atoms with Crippen molar-refractivity contribution in [3.8, 4) is 0 Å². The Morgan fingerprint density at radius 1 is 1.70 bits per heavy atom. The molecule has 0 atom stereocenters. The molecule has 0 aliphatic heterocycles. The maximum absolute atomic E-state index is 10.3. The zero-order valence-electron chi connectivity index (χ0n) is 6.05. The summed E-state index contributed by atoms with van der Waals surface area (Å²) >= 11 is 1.60. The highest BCUT2D eigenvalue weighted by Gasteiger charge is 2.03. The van der Waals surface area contributed by atoms with Gasteiger partial charge >= 0.3 is 0 Å². The number of carbonyl (C=O) groups is 1. The number of aryl methyl sites for hydroxylation is 2. The van der Waals surface area contributed by atoms with Crippen molar-refractivity contribution < 1.29 is 4.79 Å². The first-order valence-corrected chi connectivity index (χ1v) is 4.01. The van der Waals surface area contributed by atoms with Crippen LogP contribution in [0.5, 0.6) is 0 Å². The maximum atomic E-state index is 10.3. The molecule has 0 unspecified atom stereocenters. The molecular formula is C7H9NOS. The number of nitrogens with zero attached hydrogens (tertiary/aromatic N) is 1. The number of aldehydes is 1. The first kappa shape index (κ1) is 7.41. The zero-order valence-corrected chi connectivity index (χ0v) is 6.86.